The minimum absolute atomic E-state index is 0.00660. The second kappa shape index (κ2) is 10.8. The summed E-state index contributed by atoms with van der Waals surface area (Å²) in [6.45, 7) is 0.509. The van der Waals surface area contributed by atoms with Crippen LogP contribution in [-0.4, -0.2) is 47.1 Å². The molecule has 9 heteroatoms. The molecule has 0 atom stereocenters. The van der Waals surface area contributed by atoms with E-state index in [9.17, 15) is 14.4 Å². The van der Waals surface area contributed by atoms with Crippen LogP contribution in [0.1, 0.15) is 46.5 Å². The second-order valence-electron chi connectivity index (χ2n) is 7.33. The van der Waals surface area contributed by atoms with Crippen LogP contribution in [0.15, 0.2) is 42.6 Å². The number of nitrogens with one attached hydrogen (secondary N) is 2. The number of pyridine rings is 1. The van der Waals surface area contributed by atoms with E-state index in [1.807, 2.05) is 0 Å². The standard InChI is InChI=1S/C22H24ClN3O5/c23-16-9-10-24-19(13-16)21(28)26-12-11-25-20(27)14-1-5-17(6-2-14)31-18-7-3-15(4-8-18)22(29)30/h1-2,5-6,9-10,13,15,18H,3-4,7-8,11-12H2,(H,25,27)(H,26,28)(H,29,30)/t15-,18+. The molecule has 1 aromatic heterocycles. The molecule has 0 radical (unpaired) electrons. The van der Waals surface area contributed by atoms with Crippen LogP contribution < -0.4 is 15.4 Å². The maximum atomic E-state index is 12.3. The molecule has 1 fully saturated rings. The zero-order valence-electron chi connectivity index (χ0n) is 16.8. The highest BCUT2D eigenvalue weighted by molar-refractivity contribution is 6.30. The Balaban J connectivity index is 1.39. The Hall–Kier alpha value is -3.13. The van der Waals surface area contributed by atoms with Gasteiger partial charge in [0.15, 0.2) is 0 Å². The van der Waals surface area contributed by atoms with Crippen molar-refractivity contribution in [2.24, 2.45) is 5.92 Å². The Morgan fingerprint density at radius 3 is 2.26 bits per heavy atom. The maximum Gasteiger partial charge on any atom is 0.306 e. The van der Waals surface area contributed by atoms with Gasteiger partial charge in [-0.1, -0.05) is 11.6 Å². The Bertz CT molecular complexity index is 927. The van der Waals surface area contributed by atoms with Crippen molar-refractivity contribution >= 4 is 29.4 Å². The van der Waals surface area contributed by atoms with Gasteiger partial charge in [-0.25, -0.2) is 0 Å². The fourth-order valence-electron chi connectivity index (χ4n) is 3.38. The highest BCUT2D eigenvalue weighted by atomic mass is 35.5. The number of rotatable bonds is 8. The van der Waals surface area contributed by atoms with Crippen molar-refractivity contribution in [3.63, 3.8) is 0 Å². The van der Waals surface area contributed by atoms with Crippen LogP contribution in [0.25, 0.3) is 0 Å². The molecule has 31 heavy (non-hydrogen) atoms. The van der Waals surface area contributed by atoms with E-state index in [1.165, 1.54) is 12.3 Å². The number of ether oxygens (including phenoxy) is 1. The number of hydrogen-bond donors (Lipinski definition) is 3. The van der Waals surface area contributed by atoms with E-state index in [-0.39, 0.29) is 42.6 Å². The van der Waals surface area contributed by atoms with Gasteiger partial charge >= 0.3 is 5.97 Å². The van der Waals surface area contributed by atoms with Crippen LogP contribution in [0.5, 0.6) is 5.75 Å². The largest absolute Gasteiger partial charge is 0.490 e. The third kappa shape index (κ3) is 6.68. The van der Waals surface area contributed by atoms with E-state index < -0.39 is 5.97 Å². The molecule has 2 aromatic rings. The minimum Gasteiger partial charge on any atom is -0.490 e. The van der Waals surface area contributed by atoms with Gasteiger partial charge in [-0.2, -0.15) is 0 Å². The van der Waals surface area contributed by atoms with E-state index in [0.717, 1.165) is 0 Å². The molecule has 8 nitrogen and oxygen atoms in total. The van der Waals surface area contributed by atoms with Gasteiger partial charge in [-0.3, -0.25) is 19.4 Å². The van der Waals surface area contributed by atoms with Crippen LogP contribution in [0, 0.1) is 5.92 Å². The summed E-state index contributed by atoms with van der Waals surface area (Å²) >= 11 is 5.84. The molecule has 0 aliphatic heterocycles. The number of amides is 2. The molecule has 164 valence electrons. The fourth-order valence-corrected chi connectivity index (χ4v) is 3.54. The number of carbonyl (C=O) groups excluding carboxylic acids is 2. The molecule has 1 heterocycles. The maximum absolute atomic E-state index is 12.3. The number of aromatic nitrogens is 1. The molecular weight excluding hydrogens is 422 g/mol. The average molecular weight is 446 g/mol. The molecule has 3 N–H and O–H groups in total. The van der Waals surface area contributed by atoms with E-state index in [0.29, 0.717) is 42.0 Å². The molecule has 1 aromatic carbocycles. The predicted molar refractivity (Wildman–Crippen MR) is 114 cm³/mol. The molecule has 2 amide bonds. The average Bonchev–Trinajstić information content (AvgIpc) is 2.77. The highest BCUT2D eigenvalue weighted by Gasteiger charge is 2.26. The summed E-state index contributed by atoms with van der Waals surface area (Å²) in [4.78, 5) is 39.2. The monoisotopic (exact) mass is 445 g/mol. The first kappa shape index (κ1) is 22.6. The lowest BCUT2D eigenvalue weighted by Crippen LogP contribution is -2.35. The Morgan fingerprint density at radius 2 is 1.65 bits per heavy atom. The van der Waals surface area contributed by atoms with Crippen LogP contribution in [0.2, 0.25) is 5.02 Å². The lowest BCUT2D eigenvalue weighted by atomic mass is 9.87. The number of carboxylic acids is 1. The number of halogens is 1. The first-order chi connectivity index (χ1) is 14.9. The van der Waals surface area contributed by atoms with Crippen molar-refractivity contribution in [3.05, 3.63) is 58.9 Å². The Kier molecular flexibility index (Phi) is 7.83. The predicted octanol–water partition coefficient (Wildman–Crippen LogP) is 2.92. The number of nitrogens with zero attached hydrogens (tertiary/aromatic N) is 1. The summed E-state index contributed by atoms with van der Waals surface area (Å²) in [5.41, 5.74) is 0.690. The lowest BCUT2D eigenvalue weighted by Gasteiger charge is -2.26. The van der Waals surface area contributed by atoms with Crippen molar-refractivity contribution in [2.75, 3.05) is 13.1 Å². The van der Waals surface area contributed by atoms with Crippen LogP contribution in [0.3, 0.4) is 0 Å². The van der Waals surface area contributed by atoms with Gasteiger partial charge < -0.3 is 20.5 Å². The van der Waals surface area contributed by atoms with Crippen molar-refractivity contribution in [2.45, 2.75) is 31.8 Å². The smallest absolute Gasteiger partial charge is 0.306 e. The third-order valence-corrected chi connectivity index (χ3v) is 5.33. The SMILES string of the molecule is O=C(NCCNC(=O)c1cc(Cl)ccn1)c1ccc(O[C@H]2CC[C@@H](C(=O)O)CC2)cc1. The molecule has 0 bridgehead atoms. The molecule has 1 saturated carbocycles. The van der Waals surface area contributed by atoms with Gasteiger partial charge in [-0.15, -0.1) is 0 Å². The van der Waals surface area contributed by atoms with Crippen LogP contribution >= 0.6 is 11.6 Å². The lowest BCUT2D eigenvalue weighted by molar-refractivity contribution is -0.143. The topological polar surface area (TPSA) is 118 Å². The van der Waals surface area contributed by atoms with Gasteiger partial charge in [0.25, 0.3) is 11.8 Å². The first-order valence-electron chi connectivity index (χ1n) is 10.1. The van der Waals surface area contributed by atoms with Crippen molar-refractivity contribution in [1.29, 1.82) is 0 Å². The summed E-state index contributed by atoms with van der Waals surface area (Å²) in [5.74, 6) is -0.997. The van der Waals surface area contributed by atoms with Gasteiger partial charge in [0, 0.05) is 29.9 Å². The number of benzene rings is 1. The van der Waals surface area contributed by atoms with Crippen molar-refractivity contribution in [3.8, 4) is 5.75 Å². The summed E-state index contributed by atoms with van der Waals surface area (Å²) in [5, 5.41) is 14.9. The van der Waals surface area contributed by atoms with Crippen molar-refractivity contribution < 1.29 is 24.2 Å². The zero-order chi connectivity index (χ0) is 22.2. The number of aliphatic carboxylic acids is 1. The fraction of sp³-hybridized carbons (Fsp3) is 0.364. The van der Waals surface area contributed by atoms with Gasteiger partial charge in [-0.05, 0) is 62.1 Å². The molecular formula is C22H24ClN3O5. The Labute approximate surface area is 185 Å². The quantitative estimate of drug-likeness (QED) is 0.538. The van der Waals surface area contributed by atoms with E-state index in [4.69, 9.17) is 21.4 Å². The molecule has 1 aliphatic carbocycles. The molecule has 3 rings (SSSR count). The molecule has 0 saturated heterocycles. The summed E-state index contributed by atoms with van der Waals surface area (Å²) in [7, 11) is 0. The van der Waals surface area contributed by atoms with Crippen LogP contribution in [-0.2, 0) is 4.79 Å². The van der Waals surface area contributed by atoms with Gasteiger partial charge in [0.1, 0.15) is 11.4 Å². The number of carboxylic acid groups (broad SMARTS) is 1. The van der Waals surface area contributed by atoms with Crippen molar-refractivity contribution in [1.82, 2.24) is 15.6 Å². The third-order valence-electron chi connectivity index (χ3n) is 5.09. The summed E-state index contributed by atoms with van der Waals surface area (Å²) in [6, 6.07) is 9.84. The number of hydrogen-bond acceptors (Lipinski definition) is 5. The molecule has 0 spiro atoms. The second-order valence-corrected chi connectivity index (χ2v) is 7.76. The number of carbonyl (C=O) groups is 3. The summed E-state index contributed by atoms with van der Waals surface area (Å²) < 4.78 is 5.91. The first-order valence-corrected chi connectivity index (χ1v) is 10.5. The highest BCUT2D eigenvalue weighted by Crippen LogP contribution is 2.28. The van der Waals surface area contributed by atoms with E-state index >= 15 is 0 Å². The molecule has 0 unspecified atom stereocenters. The zero-order valence-corrected chi connectivity index (χ0v) is 17.6. The van der Waals surface area contributed by atoms with Crippen LogP contribution in [0.4, 0.5) is 0 Å². The molecule has 1 aliphatic rings. The van der Waals surface area contributed by atoms with E-state index in [2.05, 4.69) is 15.6 Å². The van der Waals surface area contributed by atoms with E-state index in [1.54, 1.807) is 30.3 Å². The van der Waals surface area contributed by atoms with Gasteiger partial charge in [0.05, 0.1) is 12.0 Å². The van der Waals surface area contributed by atoms with Gasteiger partial charge in [0.2, 0.25) is 0 Å². The Morgan fingerprint density at radius 1 is 1.00 bits per heavy atom. The minimum atomic E-state index is -0.741. The normalized spacial score (nSPS) is 18.1. The summed E-state index contributed by atoms with van der Waals surface area (Å²) in [6.07, 6.45) is 4.08.